The molecule has 0 heterocycles. The van der Waals surface area contributed by atoms with E-state index in [1.54, 1.807) is 0 Å². The van der Waals surface area contributed by atoms with Crippen LogP contribution in [0.5, 0.6) is 5.75 Å². The lowest BCUT2D eigenvalue weighted by atomic mass is 10.2. The van der Waals surface area contributed by atoms with E-state index in [-0.39, 0.29) is 0 Å². The zero-order chi connectivity index (χ0) is 8.97. The maximum atomic E-state index is 5.78. The zero-order valence-corrected chi connectivity index (χ0v) is 7.90. The van der Waals surface area contributed by atoms with Gasteiger partial charge < -0.3 is 10.5 Å². The van der Waals surface area contributed by atoms with Crippen molar-refractivity contribution in [2.75, 3.05) is 13.2 Å². The predicted molar refractivity (Wildman–Crippen MR) is 49.4 cm³/mol. The number of quaternary nitrogens is 1. The van der Waals surface area contributed by atoms with E-state index in [1.807, 2.05) is 25.1 Å². The minimum absolute atomic E-state index is 0.655. The van der Waals surface area contributed by atoms with Gasteiger partial charge in [-0.05, 0) is 30.7 Å². The Balaban J connectivity index is 2.72. The van der Waals surface area contributed by atoms with E-state index in [9.17, 15) is 0 Å². The highest BCUT2D eigenvalue weighted by Gasteiger charge is 1.98. The van der Waals surface area contributed by atoms with Gasteiger partial charge in [0.25, 0.3) is 0 Å². The number of ether oxygens (including phenoxy) is 1. The Morgan fingerprint density at radius 1 is 1.50 bits per heavy atom. The molecular formula is C9H13ClNO+. The van der Waals surface area contributed by atoms with Crippen molar-refractivity contribution in [3.8, 4) is 5.75 Å². The van der Waals surface area contributed by atoms with E-state index in [1.165, 1.54) is 0 Å². The average molecular weight is 187 g/mol. The normalized spacial score (nSPS) is 9.92. The minimum Gasteiger partial charge on any atom is -0.487 e. The number of hydrogen-bond donors (Lipinski definition) is 1. The molecule has 0 amide bonds. The Kier molecular flexibility index (Phi) is 3.38. The third-order valence-electron chi connectivity index (χ3n) is 1.54. The van der Waals surface area contributed by atoms with E-state index in [0.29, 0.717) is 6.61 Å². The third kappa shape index (κ3) is 2.40. The predicted octanol–water partition coefficient (Wildman–Crippen LogP) is 1.27. The van der Waals surface area contributed by atoms with Crippen LogP contribution in [0.1, 0.15) is 5.56 Å². The van der Waals surface area contributed by atoms with Crippen LogP contribution in [0.25, 0.3) is 0 Å². The first-order chi connectivity index (χ1) is 5.74. The molecule has 0 saturated carbocycles. The second-order valence-corrected chi connectivity index (χ2v) is 3.05. The fourth-order valence-corrected chi connectivity index (χ4v) is 1.18. The van der Waals surface area contributed by atoms with E-state index >= 15 is 0 Å². The van der Waals surface area contributed by atoms with E-state index < -0.39 is 0 Å². The van der Waals surface area contributed by atoms with Crippen LogP contribution < -0.4 is 10.5 Å². The molecule has 0 aliphatic heterocycles. The Morgan fingerprint density at radius 3 is 2.83 bits per heavy atom. The summed E-state index contributed by atoms with van der Waals surface area (Å²) < 4.78 is 5.42. The Morgan fingerprint density at radius 2 is 2.25 bits per heavy atom. The molecule has 3 N–H and O–H groups in total. The summed E-state index contributed by atoms with van der Waals surface area (Å²) in [4.78, 5) is 0. The molecule has 0 unspecified atom stereocenters. The highest BCUT2D eigenvalue weighted by molar-refractivity contribution is 6.30. The lowest BCUT2D eigenvalue weighted by Gasteiger charge is -2.06. The molecule has 0 aromatic heterocycles. The summed E-state index contributed by atoms with van der Waals surface area (Å²) in [5.74, 6) is 0.892. The van der Waals surface area contributed by atoms with Crippen molar-refractivity contribution in [3.05, 3.63) is 28.8 Å². The van der Waals surface area contributed by atoms with Crippen molar-refractivity contribution in [2.45, 2.75) is 6.92 Å². The molecule has 0 aliphatic rings. The molecule has 2 nitrogen and oxygen atoms in total. The van der Waals surface area contributed by atoms with Crippen molar-refractivity contribution in [3.63, 3.8) is 0 Å². The van der Waals surface area contributed by atoms with Crippen molar-refractivity contribution in [1.82, 2.24) is 0 Å². The Bertz CT molecular complexity index is 263. The monoisotopic (exact) mass is 186 g/mol. The van der Waals surface area contributed by atoms with Gasteiger partial charge in [0, 0.05) is 5.02 Å². The molecule has 0 fully saturated rings. The maximum absolute atomic E-state index is 5.78. The van der Waals surface area contributed by atoms with E-state index in [2.05, 4.69) is 5.73 Å². The SMILES string of the molecule is Cc1cc(Cl)ccc1OCC[NH3+]. The largest absolute Gasteiger partial charge is 0.487 e. The fourth-order valence-electron chi connectivity index (χ4n) is 0.957. The summed E-state index contributed by atoms with van der Waals surface area (Å²) >= 11 is 5.78. The summed E-state index contributed by atoms with van der Waals surface area (Å²) in [6, 6.07) is 5.60. The first kappa shape index (κ1) is 9.36. The Hall–Kier alpha value is -0.730. The van der Waals surface area contributed by atoms with Crippen LogP contribution in [0.15, 0.2) is 18.2 Å². The third-order valence-corrected chi connectivity index (χ3v) is 1.77. The van der Waals surface area contributed by atoms with Gasteiger partial charge in [-0.3, -0.25) is 0 Å². The van der Waals surface area contributed by atoms with Crippen molar-refractivity contribution in [1.29, 1.82) is 0 Å². The molecule has 0 aliphatic carbocycles. The van der Waals surface area contributed by atoms with Gasteiger partial charge in [-0.15, -0.1) is 0 Å². The Labute approximate surface area is 77.3 Å². The zero-order valence-electron chi connectivity index (χ0n) is 7.14. The topological polar surface area (TPSA) is 36.9 Å². The first-order valence-electron chi connectivity index (χ1n) is 3.92. The number of rotatable bonds is 3. The van der Waals surface area contributed by atoms with Crippen LogP contribution >= 0.6 is 11.6 Å². The summed E-state index contributed by atoms with van der Waals surface area (Å²) in [5.41, 5.74) is 4.76. The van der Waals surface area contributed by atoms with Crippen LogP contribution in [-0.2, 0) is 0 Å². The minimum atomic E-state index is 0.655. The molecule has 12 heavy (non-hydrogen) atoms. The van der Waals surface area contributed by atoms with Gasteiger partial charge in [0.1, 0.15) is 18.9 Å². The molecule has 0 radical (unpaired) electrons. The highest BCUT2D eigenvalue weighted by Crippen LogP contribution is 2.21. The van der Waals surface area contributed by atoms with Gasteiger partial charge in [0.05, 0.1) is 0 Å². The second-order valence-electron chi connectivity index (χ2n) is 2.61. The van der Waals surface area contributed by atoms with Gasteiger partial charge in [0.2, 0.25) is 0 Å². The van der Waals surface area contributed by atoms with Crippen LogP contribution in [-0.4, -0.2) is 13.2 Å². The van der Waals surface area contributed by atoms with Crippen LogP contribution in [0.4, 0.5) is 0 Å². The molecule has 1 aromatic carbocycles. The number of halogens is 1. The summed E-state index contributed by atoms with van der Waals surface area (Å²) in [5, 5.41) is 0.745. The fraction of sp³-hybridized carbons (Fsp3) is 0.333. The highest BCUT2D eigenvalue weighted by atomic mass is 35.5. The lowest BCUT2D eigenvalue weighted by molar-refractivity contribution is -0.370. The van der Waals surface area contributed by atoms with Gasteiger partial charge >= 0.3 is 0 Å². The quantitative estimate of drug-likeness (QED) is 0.759. The average Bonchev–Trinajstić information content (AvgIpc) is 2.03. The van der Waals surface area contributed by atoms with Gasteiger partial charge in [-0.1, -0.05) is 11.6 Å². The van der Waals surface area contributed by atoms with Crippen LogP contribution in [0, 0.1) is 6.92 Å². The van der Waals surface area contributed by atoms with Crippen LogP contribution in [0.3, 0.4) is 0 Å². The lowest BCUT2D eigenvalue weighted by Crippen LogP contribution is -2.52. The standard InChI is InChI=1S/C9H12ClNO/c1-7-6-8(10)2-3-9(7)12-5-4-11/h2-3,6H,4-5,11H2,1H3/p+1. The van der Waals surface area contributed by atoms with Gasteiger partial charge in [-0.25, -0.2) is 0 Å². The first-order valence-corrected chi connectivity index (χ1v) is 4.30. The van der Waals surface area contributed by atoms with Crippen molar-refractivity contribution >= 4 is 11.6 Å². The number of benzene rings is 1. The summed E-state index contributed by atoms with van der Waals surface area (Å²) in [6.07, 6.45) is 0. The van der Waals surface area contributed by atoms with Gasteiger partial charge in [-0.2, -0.15) is 0 Å². The molecule has 0 saturated heterocycles. The van der Waals surface area contributed by atoms with Crippen molar-refractivity contribution in [2.24, 2.45) is 0 Å². The number of hydrogen-bond acceptors (Lipinski definition) is 1. The molecule has 1 rings (SSSR count). The molecule has 1 aromatic rings. The molecule has 0 atom stereocenters. The van der Waals surface area contributed by atoms with E-state index in [0.717, 1.165) is 22.9 Å². The summed E-state index contributed by atoms with van der Waals surface area (Å²) in [7, 11) is 0. The maximum Gasteiger partial charge on any atom is 0.137 e. The van der Waals surface area contributed by atoms with Gasteiger partial charge in [0.15, 0.2) is 0 Å². The molecule has 0 spiro atoms. The molecule has 3 heteroatoms. The smallest absolute Gasteiger partial charge is 0.137 e. The number of aryl methyl sites for hydroxylation is 1. The van der Waals surface area contributed by atoms with Crippen LogP contribution in [0.2, 0.25) is 5.02 Å². The molecular weight excluding hydrogens is 174 g/mol. The van der Waals surface area contributed by atoms with Crippen molar-refractivity contribution < 1.29 is 10.5 Å². The summed E-state index contributed by atoms with van der Waals surface area (Å²) in [6.45, 7) is 3.41. The second kappa shape index (κ2) is 4.33. The molecule has 66 valence electrons. The van der Waals surface area contributed by atoms with E-state index in [4.69, 9.17) is 16.3 Å². The molecule has 0 bridgehead atoms.